The van der Waals surface area contributed by atoms with Crippen molar-refractivity contribution in [1.82, 2.24) is 25.1 Å². The Morgan fingerprint density at radius 1 is 1.27 bits per heavy atom. The molecule has 0 atom stereocenters. The summed E-state index contributed by atoms with van der Waals surface area (Å²) in [6.45, 7) is 0.441. The number of amides is 1. The highest BCUT2D eigenvalue weighted by atomic mass is 16.2. The summed E-state index contributed by atoms with van der Waals surface area (Å²) < 4.78 is 2.01. The molecular formula is C15H15N5O2. The number of carbonyl (C=O) groups is 1. The molecule has 0 aliphatic rings. The summed E-state index contributed by atoms with van der Waals surface area (Å²) in [5, 5.41) is 8.68. The zero-order valence-corrected chi connectivity index (χ0v) is 12.0. The number of carbonyl (C=O) groups excluding carboxylic acids is 1. The van der Waals surface area contributed by atoms with Gasteiger partial charge in [-0.15, -0.1) is 0 Å². The number of aromatic amines is 1. The summed E-state index contributed by atoms with van der Waals surface area (Å²) in [6, 6.07) is 10.5. The molecule has 1 amide bonds. The summed E-state index contributed by atoms with van der Waals surface area (Å²) >= 11 is 0. The van der Waals surface area contributed by atoms with Crippen LogP contribution in [0.15, 0.2) is 41.2 Å². The maximum atomic E-state index is 11.9. The number of imidazole rings is 1. The van der Waals surface area contributed by atoms with Gasteiger partial charge in [0.1, 0.15) is 11.5 Å². The molecule has 2 N–H and O–H groups in total. The predicted octanol–water partition coefficient (Wildman–Crippen LogP) is 0.629. The zero-order chi connectivity index (χ0) is 15.5. The van der Waals surface area contributed by atoms with Crippen molar-refractivity contribution in [3.05, 3.63) is 58.3 Å². The Hall–Kier alpha value is -2.96. The van der Waals surface area contributed by atoms with Gasteiger partial charge in [-0.05, 0) is 18.2 Å². The van der Waals surface area contributed by atoms with Gasteiger partial charge in [-0.1, -0.05) is 12.1 Å². The van der Waals surface area contributed by atoms with Crippen molar-refractivity contribution >= 4 is 16.9 Å². The lowest BCUT2D eigenvalue weighted by molar-refractivity contribution is 0.0948. The van der Waals surface area contributed by atoms with E-state index >= 15 is 0 Å². The van der Waals surface area contributed by atoms with Crippen LogP contribution in [0.2, 0.25) is 0 Å². The van der Waals surface area contributed by atoms with E-state index in [-0.39, 0.29) is 17.2 Å². The molecule has 0 bridgehead atoms. The molecule has 0 radical (unpaired) electrons. The number of aryl methyl sites for hydroxylation is 1. The summed E-state index contributed by atoms with van der Waals surface area (Å²) in [5.74, 6) is 0.575. The summed E-state index contributed by atoms with van der Waals surface area (Å²) in [6.07, 6.45) is 0.611. The molecule has 0 saturated carbocycles. The Bertz CT molecular complexity index is 861. The van der Waals surface area contributed by atoms with Crippen molar-refractivity contribution < 1.29 is 4.79 Å². The molecule has 3 aromatic rings. The van der Waals surface area contributed by atoms with Gasteiger partial charge in [0.2, 0.25) is 0 Å². The predicted molar refractivity (Wildman–Crippen MR) is 81.6 cm³/mol. The Labute approximate surface area is 126 Å². The number of H-pyrrole nitrogens is 1. The molecule has 0 aliphatic carbocycles. The van der Waals surface area contributed by atoms with Crippen LogP contribution in [0.4, 0.5) is 0 Å². The number of benzene rings is 1. The standard InChI is InChI=1S/C15H15N5O2/c1-20-12-5-3-2-4-10(12)17-13(20)8-9-16-15(22)11-6-7-14(21)19-18-11/h2-7H,8-9H2,1H3,(H,16,22)(H,19,21). The van der Waals surface area contributed by atoms with Crippen molar-refractivity contribution in [3.8, 4) is 0 Å². The number of nitrogens with zero attached hydrogens (tertiary/aromatic N) is 3. The largest absolute Gasteiger partial charge is 0.350 e. The van der Waals surface area contributed by atoms with E-state index in [9.17, 15) is 9.59 Å². The van der Waals surface area contributed by atoms with Gasteiger partial charge >= 0.3 is 0 Å². The van der Waals surface area contributed by atoms with Gasteiger partial charge in [0, 0.05) is 26.1 Å². The van der Waals surface area contributed by atoms with Crippen LogP contribution in [0.5, 0.6) is 0 Å². The van der Waals surface area contributed by atoms with Gasteiger partial charge in [-0.2, -0.15) is 5.10 Å². The minimum atomic E-state index is -0.337. The molecule has 0 spiro atoms. The second-order valence-corrected chi connectivity index (χ2v) is 4.89. The molecule has 7 heteroatoms. The van der Waals surface area contributed by atoms with Crippen LogP contribution in [0.1, 0.15) is 16.3 Å². The van der Waals surface area contributed by atoms with E-state index in [0.29, 0.717) is 13.0 Å². The van der Waals surface area contributed by atoms with Crippen LogP contribution >= 0.6 is 0 Å². The Morgan fingerprint density at radius 2 is 2.09 bits per heavy atom. The maximum absolute atomic E-state index is 11.9. The quantitative estimate of drug-likeness (QED) is 0.738. The molecule has 22 heavy (non-hydrogen) atoms. The lowest BCUT2D eigenvalue weighted by Gasteiger charge is -2.04. The minimum Gasteiger partial charge on any atom is -0.350 e. The SMILES string of the molecule is Cn1c(CCNC(=O)c2ccc(=O)[nH]n2)nc2ccccc21. The monoisotopic (exact) mass is 297 g/mol. The van der Waals surface area contributed by atoms with E-state index in [0.717, 1.165) is 16.9 Å². The molecule has 7 nitrogen and oxygen atoms in total. The number of aromatic nitrogens is 4. The van der Waals surface area contributed by atoms with Crippen LogP contribution in [-0.2, 0) is 13.5 Å². The summed E-state index contributed by atoms with van der Waals surface area (Å²) in [7, 11) is 1.95. The zero-order valence-electron chi connectivity index (χ0n) is 12.0. The smallest absolute Gasteiger partial charge is 0.271 e. The number of hydrogen-bond acceptors (Lipinski definition) is 4. The summed E-state index contributed by atoms with van der Waals surface area (Å²) in [5.41, 5.74) is 1.85. The lowest BCUT2D eigenvalue weighted by atomic mass is 10.3. The lowest BCUT2D eigenvalue weighted by Crippen LogP contribution is -2.28. The van der Waals surface area contributed by atoms with Crippen molar-refractivity contribution in [2.24, 2.45) is 7.05 Å². The second-order valence-electron chi connectivity index (χ2n) is 4.89. The first kappa shape index (κ1) is 14.0. The van der Waals surface area contributed by atoms with E-state index < -0.39 is 0 Å². The van der Waals surface area contributed by atoms with Gasteiger partial charge in [0.25, 0.3) is 11.5 Å². The van der Waals surface area contributed by atoms with Crippen LogP contribution in [0.3, 0.4) is 0 Å². The van der Waals surface area contributed by atoms with Crippen LogP contribution in [0.25, 0.3) is 11.0 Å². The molecule has 0 unspecified atom stereocenters. The Balaban J connectivity index is 1.64. The molecule has 112 valence electrons. The number of nitrogens with one attached hydrogen (secondary N) is 2. The first-order chi connectivity index (χ1) is 10.6. The molecule has 1 aromatic carbocycles. The number of para-hydroxylation sites is 2. The molecule has 2 heterocycles. The molecule has 0 aliphatic heterocycles. The molecular weight excluding hydrogens is 282 g/mol. The van der Waals surface area contributed by atoms with Crippen molar-refractivity contribution in [2.75, 3.05) is 6.54 Å². The topological polar surface area (TPSA) is 92.7 Å². The maximum Gasteiger partial charge on any atom is 0.271 e. The fraction of sp³-hybridized carbons (Fsp3) is 0.200. The van der Waals surface area contributed by atoms with Crippen molar-refractivity contribution in [3.63, 3.8) is 0 Å². The van der Waals surface area contributed by atoms with E-state index in [1.54, 1.807) is 0 Å². The summed E-state index contributed by atoms with van der Waals surface area (Å²) in [4.78, 5) is 27.3. The Kier molecular flexibility index (Phi) is 3.69. The highest BCUT2D eigenvalue weighted by molar-refractivity contribution is 5.91. The third kappa shape index (κ3) is 2.73. The highest BCUT2D eigenvalue weighted by Gasteiger charge is 2.09. The van der Waals surface area contributed by atoms with E-state index in [4.69, 9.17) is 0 Å². The van der Waals surface area contributed by atoms with Gasteiger partial charge in [-0.25, -0.2) is 10.1 Å². The van der Waals surface area contributed by atoms with Gasteiger partial charge in [0.15, 0.2) is 0 Å². The average Bonchev–Trinajstić information content (AvgIpc) is 2.85. The number of hydrogen-bond donors (Lipinski definition) is 2. The van der Waals surface area contributed by atoms with Crippen LogP contribution in [0, 0.1) is 0 Å². The van der Waals surface area contributed by atoms with Crippen LogP contribution in [-0.4, -0.2) is 32.2 Å². The Morgan fingerprint density at radius 3 is 2.82 bits per heavy atom. The fourth-order valence-corrected chi connectivity index (χ4v) is 2.27. The van der Waals surface area contributed by atoms with Gasteiger partial charge in [0.05, 0.1) is 11.0 Å². The normalized spacial score (nSPS) is 10.8. The molecule has 2 aromatic heterocycles. The molecule has 0 fully saturated rings. The highest BCUT2D eigenvalue weighted by Crippen LogP contribution is 2.14. The first-order valence-corrected chi connectivity index (χ1v) is 6.89. The van der Waals surface area contributed by atoms with Crippen molar-refractivity contribution in [1.29, 1.82) is 0 Å². The number of rotatable bonds is 4. The first-order valence-electron chi connectivity index (χ1n) is 6.89. The molecule has 3 rings (SSSR count). The van der Waals surface area contributed by atoms with E-state index in [1.807, 2.05) is 35.9 Å². The van der Waals surface area contributed by atoms with Gasteiger partial charge < -0.3 is 9.88 Å². The third-order valence-electron chi connectivity index (χ3n) is 3.43. The average molecular weight is 297 g/mol. The van der Waals surface area contributed by atoms with Crippen molar-refractivity contribution in [2.45, 2.75) is 6.42 Å². The van der Waals surface area contributed by atoms with E-state index in [2.05, 4.69) is 20.5 Å². The third-order valence-corrected chi connectivity index (χ3v) is 3.43. The fourth-order valence-electron chi connectivity index (χ4n) is 2.27. The van der Waals surface area contributed by atoms with Crippen LogP contribution < -0.4 is 10.9 Å². The van der Waals surface area contributed by atoms with Gasteiger partial charge in [-0.3, -0.25) is 9.59 Å². The second kappa shape index (κ2) is 5.80. The van der Waals surface area contributed by atoms with E-state index in [1.165, 1.54) is 12.1 Å². The molecule has 0 saturated heterocycles. The number of fused-ring (bicyclic) bond motifs is 1. The minimum absolute atomic E-state index is 0.185.